The highest BCUT2D eigenvalue weighted by Gasteiger charge is 2.36. The Morgan fingerprint density at radius 2 is 2.05 bits per heavy atom. The van der Waals surface area contributed by atoms with Crippen molar-refractivity contribution in [3.05, 3.63) is 29.8 Å². The molecule has 5 nitrogen and oxygen atoms in total. The molecule has 5 heteroatoms. The first-order valence-electron chi connectivity index (χ1n) is 7.17. The van der Waals surface area contributed by atoms with Crippen molar-refractivity contribution in [3.63, 3.8) is 0 Å². The molecule has 1 aliphatic rings. The van der Waals surface area contributed by atoms with Gasteiger partial charge in [0.05, 0.1) is 7.11 Å². The fraction of sp³-hybridized carbons (Fsp3) is 0.562. The molecule has 0 radical (unpaired) electrons. The number of ether oxygens (including phenoxy) is 2. The lowest BCUT2D eigenvalue weighted by Gasteiger charge is -2.24. The lowest BCUT2D eigenvalue weighted by atomic mass is 9.95. The Hall–Kier alpha value is -1.75. The molecule has 1 saturated heterocycles. The lowest BCUT2D eigenvalue weighted by Crippen LogP contribution is -2.36. The number of amides is 1. The summed E-state index contributed by atoms with van der Waals surface area (Å²) in [4.78, 5) is 13.8. The van der Waals surface area contributed by atoms with Crippen molar-refractivity contribution in [1.29, 1.82) is 0 Å². The van der Waals surface area contributed by atoms with Crippen LogP contribution in [-0.2, 0) is 4.74 Å². The zero-order valence-corrected chi connectivity index (χ0v) is 13.1. The molecule has 1 aromatic rings. The molecular weight excluding hydrogens is 268 g/mol. The van der Waals surface area contributed by atoms with Crippen LogP contribution in [0.1, 0.15) is 32.3 Å². The van der Waals surface area contributed by atoms with Crippen LogP contribution in [0, 0.1) is 0 Å². The molecule has 1 aliphatic heterocycles. The Kier molecular flexibility index (Phi) is 4.42. The van der Waals surface area contributed by atoms with Gasteiger partial charge in [-0.3, -0.25) is 0 Å². The molecule has 1 aromatic carbocycles. The summed E-state index contributed by atoms with van der Waals surface area (Å²) in [6, 6.07) is 7.74. The second kappa shape index (κ2) is 5.93. The van der Waals surface area contributed by atoms with Crippen molar-refractivity contribution in [2.45, 2.75) is 38.3 Å². The number of hydrogen-bond donors (Lipinski definition) is 1. The van der Waals surface area contributed by atoms with E-state index in [9.17, 15) is 4.79 Å². The predicted octanol–water partition coefficient (Wildman–Crippen LogP) is 2.36. The van der Waals surface area contributed by atoms with Gasteiger partial charge >= 0.3 is 6.09 Å². The number of nitrogens with two attached hydrogens (primary N) is 1. The van der Waals surface area contributed by atoms with Crippen LogP contribution in [0.4, 0.5) is 4.79 Å². The number of carbonyl (C=O) groups excluding carboxylic acids is 1. The minimum absolute atomic E-state index is 0.0929. The van der Waals surface area contributed by atoms with E-state index in [0.29, 0.717) is 13.1 Å². The molecule has 1 heterocycles. The van der Waals surface area contributed by atoms with Gasteiger partial charge in [-0.15, -0.1) is 0 Å². The number of nitrogens with zero attached hydrogens (tertiary/aromatic N) is 1. The van der Waals surface area contributed by atoms with Gasteiger partial charge in [0, 0.05) is 25.0 Å². The van der Waals surface area contributed by atoms with E-state index < -0.39 is 5.60 Å². The van der Waals surface area contributed by atoms with Crippen LogP contribution in [0.3, 0.4) is 0 Å². The molecule has 0 spiro atoms. The summed E-state index contributed by atoms with van der Waals surface area (Å²) in [5.41, 5.74) is 6.80. The maximum Gasteiger partial charge on any atom is 0.410 e. The summed E-state index contributed by atoms with van der Waals surface area (Å²) in [6.07, 6.45) is -0.302. The SMILES string of the molecule is COc1cccc(C2CN(C(=O)OC(C)(C)C)CC2N)c1. The Morgan fingerprint density at radius 3 is 2.67 bits per heavy atom. The largest absolute Gasteiger partial charge is 0.497 e. The Bertz CT molecular complexity index is 510. The zero-order valence-electron chi connectivity index (χ0n) is 13.1. The van der Waals surface area contributed by atoms with E-state index in [4.69, 9.17) is 15.2 Å². The van der Waals surface area contributed by atoms with E-state index in [2.05, 4.69) is 0 Å². The summed E-state index contributed by atoms with van der Waals surface area (Å²) in [5.74, 6) is 0.906. The van der Waals surface area contributed by atoms with Crippen LogP contribution in [-0.4, -0.2) is 42.8 Å². The number of hydrogen-bond acceptors (Lipinski definition) is 4. The van der Waals surface area contributed by atoms with Crippen molar-refractivity contribution >= 4 is 6.09 Å². The maximum absolute atomic E-state index is 12.1. The zero-order chi connectivity index (χ0) is 15.6. The third-order valence-corrected chi connectivity index (χ3v) is 3.54. The summed E-state index contributed by atoms with van der Waals surface area (Å²) >= 11 is 0. The van der Waals surface area contributed by atoms with Crippen molar-refractivity contribution < 1.29 is 14.3 Å². The Morgan fingerprint density at radius 1 is 1.33 bits per heavy atom. The molecule has 21 heavy (non-hydrogen) atoms. The number of carbonyl (C=O) groups is 1. The van der Waals surface area contributed by atoms with Crippen LogP contribution in [0.2, 0.25) is 0 Å². The molecule has 116 valence electrons. The van der Waals surface area contributed by atoms with Crippen LogP contribution >= 0.6 is 0 Å². The minimum Gasteiger partial charge on any atom is -0.497 e. The third-order valence-electron chi connectivity index (χ3n) is 3.54. The van der Waals surface area contributed by atoms with E-state index in [0.717, 1.165) is 11.3 Å². The molecule has 2 N–H and O–H groups in total. The minimum atomic E-state index is -0.491. The average Bonchev–Trinajstić information content (AvgIpc) is 2.79. The van der Waals surface area contributed by atoms with Gasteiger partial charge in [0.15, 0.2) is 0 Å². The summed E-state index contributed by atoms with van der Waals surface area (Å²) in [6.45, 7) is 6.67. The first-order valence-corrected chi connectivity index (χ1v) is 7.17. The van der Waals surface area contributed by atoms with Gasteiger partial charge in [0.25, 0.3) is 0 Å². The van der Waals surface area contributed by atoms with Gasteiger partial charge in [0.2, 0.25) is 0 Å². The standard InChI is InChI=1S/C16H24N2O3/c1-16(2,3)21-15(19)18-9-13(14(17)10-18)11-6-5-7-12(8-11)20-4/h5-8,13-14H,9-10,17H2,1-4H3. The number of likely N-dealkylation sites (tertiary alicyclic amines) is 1. The monoisotopic (exact) mass is 292 g/mol. The molecule has 0 saturated carbocycles. The molecule has 0 aromatic heterocycles. The second-order valence-electron chi connectivity index (χ2n) is 6.43. The van der Waals surface area contributed by atoms with Crippen LogP contribution in [0.15, 0.2) is 24.3 Å². The molecule has 1 amide bonds. The second-order valence-corrected chi connectivity index (χ2v) is 6.43. The number of rotatable bonds is 2. The first-order chi connectivity index (χ1) is 9.80. The van der Waals surface area contributed by atoms with Crippen molar-refractivity contribution in [2.75, 3.05) is 20.2 Å². The van der Waals surface area contributed by atoms with Crippen molar-refractivity contribution in [2.24, 2.45) is 5.73 Å². The third kappa shape index (κ3) is 3.88. The van der Waals surface area contributed by atoms with Crippen LogP contribution < -0.4 is 10.5 Å². The Balaban J connectivity index is 2.08. The number of benzene rings is 1. The summed E-state index contributed by atoms with van der Waals surface area (Å²) in [7, 11) is 1.64. The highest BCUT2D eigenvalue weighted by molar-refractivity contribution is 5.69. The van der Waals surface area contributed by atoms with Crippen LogP contribution in [0.25, 0.3) is 0 Å². The smallest absolute Gasteiger partial charge is 0.410 e. The van der Waals surface area contributed by atoms with Gasteiger partial charge in [-0.25, -0.2) is 4.79 Å². The maximum atomic E-state index is 12.1. The van der Waals surface area contributed by atoms with Gasteiger partial charge in [0.1, 0.15) is 11.4 Å². The molecule has 2 unspecified atom stereocenters. The van der Waals surface area contributed by atoms with Gasteiger partial charge in [-0.1, -0.05) is 12.1 Å². The highest BCUT2D eigenvalue weighted by Crippen LogP contribution is 2.29. The molecule has 0 bridgehead atoms. The van der Waals surface area contributed by atoms with E-state index >= 15 is 0 Å². The van der Waals surface area contributed by atoms with Crippen molar-refractivity contribution in [1.82, 2.24) is 4.90 Å². The quantitative estimate of drug-likeness (QED) is 0.909. The van der Waals surface area contributed by atoms with Gasteiger partial charge < -0.3 is 20.1 Å². The first kappa shape index (κ1) is 15.6. The van der Waals surface area contributed by atoms with Gasteiger partial charge in [-0.05, 0) is 38.5 Å². The fourth-order valence-electron chi connectivity index (χ4n) is 2.53. The van der Waals surface area contributed by atoms with Crippen molar-refractivity contribution in [3.8, 4) is 5.75 Å². The van der Waals surface area contributed by atoms with E-state index in [-0.39, 0.29) is 18.1 Å². The van der Waals surface area contributed by atoms with E-state index in [1.165, 1.54) is 0 Å². The van der Waals surface area contributed by atoms with E-state index in [1.807, 2.05) is 45.0 Å². The molecule has 2 atom stereocenters. The normalized spacial score (nSPS) is 22.2. The van der Waals surface area contributed by atoms with E-state index in [1.54, 1.807) is 12.0 Å². The Labute approximate surface area is 126 Å². The van der Waals surface area contributed by atoms with Crippen LogP contribution in [0.5, 0.6) is 5.75 Å². The molecule has 1 fully saturated rings. The summed E-state index contributed by atoms with van der Waals surface area (Å²) in [5, 5.41) is 0. The number of methoxy groups -OCH3 is 1. The molecule has 0 aliphatic carbocycles. The average molecular weight is 292 g/mol. The molecular formula is C16H24N2O3. The topological polar surface area (TPSA) is 64.8 Å². The summed E-state index contributed by atoms with van der Waals surface area (Å²) < 4.78 is 10.6. The molecule has 2 rings (SSSR count). The predicted molar refractivity (Wildman–Crippen MR) is 81.5 cm³/mol. The van der Waals surface area contributed by atoms with Gasteiger partial charge in [-0.2, -0.15) is 0 Å². The lowest BCUT2D eigenvalue weighted by molar-refractivity contribution is 0.0290. The fourth-order valence-corrected chi connectivity index (χ4v) is 2.53. The highest BCUT2D eigenvalue weighted by atomic mass is 16.6.